The molecule has 0 unspecified atom stereocenters. The number of H-pyrrole nitrogens is 1. The molecule has 0 fully saturated rings. The first-order chi connectivity index (χ1) is 9.24. The molecule has 0 radical (unpaired) electrons. The van der Waals surface area contributed by atoms with E-state index in [-0.39, 0.29) is 5.02 Å². The molecule has 0 saturated carbocycles. The van der Waals surface area contributed by atoms with Gasteiger partial charge in [-0.1, -0.05) is 11.6 Å². The zero-order valence-corrected chi connectivity index (χ0v) is 10.5. The maximum Gasteiger partial charge on any atom is 0.141 e. The summed E-state index contributed by atoms with van der Waals surface area (Å²) in [4.78, 5) is 4.04. The van der Waals surface area contributed by atoms with Gasteiger partial charge in [-0.15, -0.1) is 0 Å². The molecule has 3 nitrogen and oxygen atoms in total. The van der Waals surface area contributed by atoms with E-state index in [1.54, 1.807) is 24.5 Å². The highest BCUT2D eigenvalue weighted by molar-refractivity contribution is 6.31. The molecule has 0 aliphatic rings. The summed E-state index contributed by atoms with van der Waals surface area (Å²) in [6.45, 7) is 0. The normalized spacial score (nSPS) is 10.6. The van der Waals surface area contributed by atoms with Gasteiger partial charge in [-0.2, -0.15) is 5.10 Å². The van der Waals surface area contributed by atoms with Gasteiger partial charge >= 0.3 is 0 Å². The van der Waals surface area contributed by atoms with Crippen LogP contribution in [0.15, 0.2) is 48.8 Å². The second-order valence-electron chi connectivity index (χ2n) is 4.04. The molecule has 0 aliphatic heterocycles. The molecule has 2 heterocycles. The van der Waals surface area contributed by atoms with E-state index in [2.05, 4.69) is 15.2 Å². The Bertz CT molecular complexity index is 710. The SMILES string of the molecule is Fc1ccc(-c2cc(-c3cccnc3)n[nH]2)cc1Cl. The van der Waals surface area contributed by atoms with Gasteiger partial charge < -0.3 is 0 Å². The highest BCUT2D eigenvalue weighted by atomic mass is 35.5. The number of halogens is 2. The summed E-state index contributed by atoms with van der Waals surface area (Å²) in [7, 11) is 0. The van der Waals surface area contributed by atoms with E-state index in [1.807, 2.05) is 18.2 Å². The highest BCUT2D eigenvalue weighted by Crippen LogP contribution is 2.26. The summed E-state index contributed by atoms with van der Waals surface area (Å²) in [6.07, 6.45) is 3.44. The van der Waals surface area contributed by atoms with Gasteiger partial charge in [0.05, 0.1) is 16.4 Å². The molecule has 5 heteroatoms. The molecule has 94 valence electrons. The number of hydrogen-bond acceptors (Lipinski definition) is 2. The quantitative estimate of drug-likeness (QED) is 0.768. The standard InChI is InChI=1S/C14H9ClFN3/c15-11-6-9(3-4-12(11)16)13-7-14(19-18-13)10-2-1-5-17-8-10/h1-8H,(H,18,19). The van der Waals surface area contributed by atoms with Crippen molar-refractivity contribution >= 4 is 11.6 Å². The first-order valence-corrected chi connectivity index (χ1v) is 6.03. The van der Waals surface area contributed by atoms with E-state index in [1.165, 1.54) is 6.07 Å². The van der Waals surface area contributed by atoms with E-state index in [4.69, 9.17) is 11.6 Å². The lowest BCUT2D eigenvalue weighted by atomic mass is 10.1. The van der Waals surface area contributed by atoms with Gasteiger partial charge in [0, 0.05) is 23.5 Å². The highest BCUT2D eigenvalue weighted by Gasteiger charge is 2.08. The summed E-state index contributed by atoms with van der Waals surface area (Å²) in [5, 5.41) is 7.21. The van der Waals surface area contributed by atoms with Crippen LogP contribution >= 0.6 is 11.6 Å². The number of rotatable bonds is 2. The molecule has 3 aromatic rings. The van der Waals surface area contributed by atoms with Gasteiger partial charge in [-0.05, 0) is 36.4 Å². The van der Waals surface area contributed by atoms with Crippen LogP contribution in [0.2, 0.25) is 5.02 Å². The predicted octanol–water partition coefficient (Wildman–Crippen LogP) is 3.93. The van der Waals surface area contributed by atoms with Gasteiger partial charge in [0.25, 0.3) is 0 Å². The average molecular weight is 274 g/mol. The zero-order valence-electron chi connectivity index (χ0n) is 9.77. The first-order valence-electron chi connectivity index (χ1n) is 5.65. The third kappa shape index (κ3) is 2.35. The van der Waals surface area contributed by atoms with Crippen LogP contribution in [0.1, 0.15) is 0 Å². The number of aromatic amines is 1. The summed E-state index contributed by atoms with van der Waals surface area (Å²) < 4.78 is 13.1. The van der Waals surface area contributed by atoms with Crippen LogP contribution in [0.25, 0.3) is 22.5 Å². The Morgan fingerprint density at radius 1 is 1.11 bits per heavy atom. The van der Waals surface area contributed by atoms with Gasteiger partial charge in [-0.25, -0.2) is 4.39 Å². The number of benzene rings is 1. The fraction of sp³-hybridized carbons (Fsp3) is 0. The Labute approximate surface area is 114 Å². The summed E-state index contributed by atoms with van der Waals surface area (Å²) in [6, 6.07) is 10.2. The van der Waals surface area contributed by atoms with Crippen LogP contribution in [0.3, 0.4) is 0 Å². The second kappa shape index (κ2) is 4.82. The third-order valence-corrected chi connectivity index (χ3v) is 3.06. The van der Waals surface area contributed by atoms with E-state index in [9.17, 15) is 4.39 Å². The summed E-state index contributed by atoms with van der Waals surface area (Å²) >= 11 is 5.77. The van der Waals surface area contributed by atoms with Crippen LogP contribution in [0.5, 0.6) is 0 Å². The largest absolute Gasteiger partial charge is 0.277 e. The van der Waals surface area contributed by atoms with Crippen molar-refractivity contribution in [1.29, 1.82) is 0 Å². The molecule has 0 amide bonds. The Morgan fingerprint density at radius 3 is 2.74 bits per heavy atom. The number of pyridine rings is 1. The Balaban J connectivity index is 1.99. The fourth-order valence-corrected chi connectivity index (χ4v) is 1.98. The lowest BCUT2D eigenvalue weighted by Gasteiger charge is -1.98. The van der Waals surface area contributed by atoms with Crippen molar-refractivity contribution in [1.82, 2.24) is 15.2 Å². The minimum absolute atomic E-state index is 0.0926. The molecular weight excluding hydrogens is 265 g/mol. The van der Waals surface area contributed by atoms with Gasteiger partial charge in [0.2, 0.25) is 0 Å². The molecule has 3 rings (SSSR count). The van der Waals surface area contributed by atoms with Crippen LogP contribution in [0.4, 0.5) is 4.39 Å². The zero-order chi connectivity index (χ0) is 13.2. The summed E-state index contributed by atoms with van der Waals surface area (Å²) in [5.41, 5.74) is 3.26. The average Bonchev–Trinajstić information content (AvgIpc) is 2.93. The molecule has 1 aromatic carbocycles. The van der Waals surface area contributed by atoms with E-state index >= 15 is 0 Å². The third-order valence-electron chi connectivity index (χ3n) is 2.77. The van der Waals surface area contributed by atoms with Crippen molar-refractivity contribution in [3.8, 4) is 22.5 Å². The lowest BCUT2D eigenvalue weighted by Crippen LogP contribution is -1.81. The smallest absolute Gasteiger partial charge is 0.141 e. The van der Waals surface area contributed by atoms with Gasteiger partial charge in [-0.3, -0.25) is 10.1 Å². The van der Waals surface area contributed by atoms with Gasteiger partial charge in [0.15, 0.2) is 0 Å². The topological polar surface area (TPSA) is 41.6 Å². The Morgan fingerprint density at radius 2 is 2.00 bits per heavy atom. The molecule has 2 aromatic heterocycles. The number of nitrogens with one attached hydrogen (secondary N) is 1. The minimum atomic E-state index is -0.433. The lowest BCUT2D eigenvalue weighted by molar-refractivity contribution is 0.628. The van der Waals surface area contributed by atoms with Crippen molar-refractivity contribution in [2.75, 3.05) is 0 Å². The second-order valence-corrected chi connectivity index (χ2v) is 4.44. The van der Waals surface area contributed by atoms with Crippen molar-refractivity contribution < 1.29 is 4.39 Å². The Kier molecular flexibility index (Phi) is 3.01. The van der Waals surface area contributed by atoms with E-state index in [0.717, 1.165) is 22.5 Å². The molecule has 0 aliphatic carbocycles. The van der Waals surface area contributed by atoms with Gasteiger partial charge in [0.1, 0.15) is 5.82 Å². The molecule has 0 atom stereocenters. The van der Waals surface area contributed by atoms with Crippen LogP contribution < -0.4 is 0 Å². The predicted molar refractivity (Wildman–Crippen MR) is 72.2 cm³/mol. The van der Waals surface area contributed by atoms with Crippen LogP contribution in [-0.4, -0.2) is 15.2 Å². The van der Waals surface area contributed by atoms with Crippen molar-refractivity contribution in [2.45, 2.75) is 0 Å². The van der Waals surface area contributed by atoms with Crippen molar-refractivity contribution in [3.63, 3.8) is 0 Å². The number of aromatic nitrogens is 3. The Hall–Kier alpha value is -2.20. The molecule has 1 N–H and O–H groups in total. The summed E-state index contributed by atoms with van der Waals surface area (Å²) in [5.74, 6) is -0.433. The van der Waals surface area contributed by atoms with E-state index < -0.39 is 5.82 Å². The molecular formula is C14H9ClFN3. The monoisotopic (exact) mass is 273 g/mol. The number of hydrogen-bond donors (Lipinski definition) is 1. The first kappa shape index (κ1) is 11.9. The molecule has 19 heavy (non-hydrogen) atoms. The minimum Gasteiger partial charge on any atom is -0.277 e. The van der Waals surface area contributed by atoms with Crippen molar-refractivity contribution in [3.05, 3.63) is 59.6 Å². The van der Waals surface area contributed by atoms with E-state index in [0.29, 0.717) is 0 Å². The van der Waals surface area contributed by atoms with Crippen molar-refractivity contribution in [2.24, 2.45) is 0 Å². The molecule has 0 spiro atoms. The maximum atomic E-state index is 13.1. The molecule has 0 saturated heterocycles. The van der Waals surface area contributed by atoms with Crippen LogP contribution in [-0.2, 0) is 0 Å². The molecule has 0 bridgehead atoms. The maximum absolute atomic E-state index is 13.1. The van der Waals surface area contributed by atoms with Crippen LogP contribution in [0, 0.1) is 5.82 Å². The number of nitrogens with zero attached hydrogens (tertiary/aromatic N) is 2. The fourth-order valence-electron chi connectivity index (χ4n) is 1.80.